The highest BCUT2D eigenvalue weighted by Crippen LogP contribution is 2.44. The van der Waals surface area contributed by atoms with Gasteiger partial charge >= 0.3 is 12.1 Å². The Morgan fingerprint density at radius 1 is 0.971 bits per heavy atom. The number of benzene rings is 2. The molecule has 7 nitrogen and oxygen atoms in total. The average molecular weight is 477 g/mol. The van der Waals surface area contributed by atoms with Crippen molar-refractivity contribution in [1.29, 1.82) is 0 Å². The van der Waals surface area contributed by atoms with Crippen molar-refractivity contribution in [3.8, 4) is 11.1 Å². The number of carboxylic acid groups (broad SMARTS) is 1. The predicted molar refractivity (Wildman–Crippen MR) is 131 cm³/mol. The zero-order valence-corrected chi connectivity index (χ0v) is 19.8. The van der Waals surface area contributed by atoms with Crippen LogP contribution in [-0.2, 0) is 14.3 Å². The van der Waals surface area contributed by atoms with E-state index >= 15 is 0 Å². The lowest BCUT2D eigenvalue weighted by atomic mass is 9.87. The monoisotopic (exact) mass is 476 g/mol. The van der Waals surface area contributed by atoms with Crippen LogP contribution in [0, 0.1) is 11.8 Å². The maximum atomic E-state index is 12.6. The molecule has 184 valence electrons. The summed E-state index contributed by atoms with van der Waals surface area (Å²) in [5.74, 6) is -0.927. The van der Waals surface area contributed by atoms with E-state index in [1.165, 1.54) is 11.1 Å². The van der Waals surface area contributed by atoms with Gasteiger partial charge in [-0.25, -0.2) is 9.59 Å². The van der Waals surface area contributed by atoms with Gasteiger partial charge in [0.15, 0.2) is 0 Å². The summed E-state index contributed by atoms with van der Waals surface area (Å²) in [6.07, 6.45) is 4.95. The smallest absolute Gasteiger partial charge is 0.407 e. The van der Waals surface area contributed by atoms with Gasteiger partial charge in [-0.05, 0) is 46.9 Å². The largest absolute Gasteiger partial charge is 0.480 e. The van der Waals surface area contributed by atoms with Crippen molar-refractivity contribution < 1.29 is 24.2 Å². The van der Waals surface area contributed by atoms with Gasteiger partial charge in [-0.1, -0.05) is 74.2 Å². The summed E-state index contributed by atoms with van der Waals surface area (Å²) in [5, 5.41) is 14.9. The molecule has 0 saturated heterocycles. The van der Waals surface area contributed by atoms with Gasteiger partial charge in [0, 0.05) is 18.9 Å². The standard InChI is InChI=1S/C28H32N2O5/c31-25(30-28(13-14-28)26(32)33)15-19(18-7-1-2-8-18)16-29-27(34)35-17-24-22-11-5-3-9-20(22)21-10-4-6-12-23(21)24/h3-6,9-12,18-19,24H,1-2,7-8,13-17H2,(H,29,34)(H,30,31)(H,32,33). The molecular formula is C28H32N2O5. The summed E-state index contributed by atoms with van der Waals surface area (Å²) in [6.45, 7) is 0.588. The van der Waals surface area contributed by atoms with Crippen molar-refractivity contribution in [3.05, 3.63) is 59.7 Å². The van der Waals surface area contributed by atoms with Crippen LogP contribution in [-0.4, -0.2) is 41.8 Å². The second-order valence-corrected chi connectivity index (χ2v) is 10.2. The summed E-state index contributed by atoms with van der Waals surface area (Å²) in [7, 11) is 0. The zero-order chi connectivity index (χ0) is 24.4. The molecule has 0 bridgehead atoms. The van der Waals surface area contributed by atoms with Crippen LogP contribution >= 0.6 is 0 Å². The first-order valence-electron chi connectivity index (χ1n) is 12.6. The lowest BCUT2D eigenvalue weighted by Crippen LogP contribution is -2.45. The van der Waals surface area contributed by atoms with Crippen molar-refractivity contribution in [2.75, 3.05) is 13.2 Å². The number of fused-ring (bicyclic) bond motifs is 3. The van der Waals surface area contributed by atoms with E-state index in [-0.39, 0.29) is 30.8 Å². The van der Waals surface area contributed by atoms with Crippen LogP contribution in [0.5, 0.6) is 0 Å². The molecule has 3 aliphatic rings. The van der Waals surface area contributed by atoms with Crippen LogP contribution in [0.2, 0.25) is 0 Å². The fourth-order valence-electron chi connectivity index (χ4n) is 5.77. The molecule has 0 spiro atoms. The van der Waals surface area contributed by atoms with E-state index in [9.17, 15) is 19.5 Å². The lowest BCUT2D eigenvalue weighted by Gasteiger charge is -2.24. The normalized spacial score (nSPS) is 18.9. The second-order valence-electron chi connectivity index (χ2n) is 10.2. The van der Waals surface area contributed by atoms with Crippen LogP contribution in [0.15, 0.2) is 48.5 Å². The molecule has 3 N–H and O–H groups in total. The first kappa shape index (κ1) is 23.4. The fourth-order valence-corrected chi connectivity index (χ4v) is 5.77. The maximum absolute atomic E-state index is 12.6. The van der Waals surface area contributed by atoms with Crippen LogP contribution < -0.4 is 10.6 Å². The lowest BCUT2D eigenvalue weighted by molar-refractivity contribution is -0.143. The minimum Gasteiger partial charge on any atom is -0.480 e. The third kappa shape index (κ3) is 4.90. The molecule has 35 heavy (non-hydrogen) atoms. The molecule has 7 heteroatoms. The summed E-state index contributed by atoms with van der Waals surface area (Å²) in [5.41, 5.74) is 3.60. The Kier molecular flexibility index (Phi) is 6.50. The molecule has 2 saturated carbocycles. The Morgan fingerprint density at radius 3 is 2.14 bits per heavy atom. The van der Waals surface area contributed by atoms with Crippen LogP contribution in [0.3, 0.4) is 0 Å². The molecule has 2 fully saturated rings. The molecule has 5 rings (SSSR count). The number of ether oxygens (including phenoxy) is 1. The SMILES string of the molecule is O=C(CC(CNC(=O)OCC1c2ccccc2-c2ccccc21)C1CCCC1)NC1(C(=O)O)CC1. The number of hydrogen-bond donors (Lipinski definition) is 3. The Hall–Kier alpha value is -3.35. The number of nitrogens with one attached hydrogen (secondary N) is 2. The van der Waals surface area contributed by atoms with E-state index in [0.717, 1.165) is 36.8 Å². The quantitative estimate of drug-likeness (QED) is 0.496. The summed E-state index contributed by atoms with van der Waals surface area (Å²) >= 11 is 0. The van der Waals surface area contributed by atoms with Gasteiger partial charge in [-0.15, -0.1) is 0 Å². The van der Waals surface area contributed by atoms with Gasteiger partial charge in [0.05, 0.1) is 0 Å². The highest BCUT2D eigenvalue weighted by molar-refractivity contribution is 5.89. The highest BCUT2D eigenvalue weighted by atomic mass is 16.5. The van der Waals surface area contributed by atoms with Gasteiger partial charge in [0.25, 0.3) is 0 Å². The number of aliphatic carboxylic acids is 1. The number of alkyl carbamates (subject to hydrolysis) is 1. The van der Waals surface area contributed by atoms with Gasteiger partial charge in [-0.3, -0.25) is 4.79 Å². The molecule has 0 aliphatic heterocycles. The summed E-state index contributed by atoms with van der Waals surface area (Å²) < 4.78 is 5.65. The van der Waals surface area contributed by atoms with Crippen molar-refractivity contribution in [2.24, 2.45) is 11.8 Å². The molecule has 2 amide bonds. The Bertz CT molecular complexity index is 1070. The topological polar surface area (TPSA) is 105 Å². The minimum atomic E-state index is -1.09. The van der Waals surface area contributed by atoms with E-state index in [0.29, 0.717) is 25.3 Å². The number of carbonyl (C=O) groups is 3. The Morgan fingerprint density at radius 2 is 1.57 bits per heavy atom. The summed E-state index contributed by atoms with van der Waals surface area (Å²) in [4.78, 5) is 36.7. The van der Waals surface area contributed by atoms with E-state index in [1.807, 2.05) is 24.3 Å². The molecule has 1 atom stereocenters. The van der Waals surface area contributed by atoms with E-state index in [1.54, 1.807) is 0 Å². The number of carbonyl (C=O) groups excluding carboxylic acids is 2. The number of amides is 2. The number of rotatable bonds is 9. The highest BCUT2D eigenvalue weighted by Gasteiger charge is 2.51. The zero-order valence-electron chi connectivity index (χ0n) is 19.8. The summed E-state index contributed by atoms with van der Waals surface area (Å²) in [6, 6.07) is 16.4. The Balaban J connectivity index is 1.17. The van der Waals surface area contributed by atoms with Crippen molar-refractivity contribution in [2.45, 2.75) is 56.4 Å². The molecule has 2 aromatic rings. The van der Waals surface area contributed by atoms with Gasteiger partial charge in [0.1, 0.15) is 12.1 Å². The van der Waals surface area contributed by atoms with Crippen LogP contribution in [0.1, 0.15) is 62.0 Å². The van der Waals surface area contributed by atoms with Gasteiger partial charge in [-0.2, -0.15) is 0 Å². The minimum absolute atomic E-state index is 0.00435. The molecule has 0 aromatic heterocycles. The van der Waals surface area contributed by atoms with E-state index in [2.05, 4.69) is 34.9 Å². The average Bonchev–Trinajstić information content (AvgIpc) is 3.31. The molecule has 2 aromatic carbocycles. The van der Waals surface area contributed by atoms with E-state index in [4.69, 9.17) is 4.74 Å². The first-order chi connectivity index (χ1) is 17.0. The van der Waals surface area contributed by atoms with Gasteiger partial charge in [0.2, 0.25) is 5.91 Å². The second kappa shape index (κ2) is 9.72. The van der Waals surface area contributed by atoms with Crippen LogP contribution in [0.4, 0.5) is 4.79 Å². The third-order valence-corrected chi connectivity index (χ3v) is 7.90. The van der Waals surface area contributed by atoms with Gasteiger partial charge < -0.3 is 20.5 Å². The van der Waals surface area contributed by atoms with Crippen LogP contribution in [0.25, 0.3) is 11.1 Å². The molecule has 0 heterocycles. The van der Waals surface area contributed by atoms with Crippen molar-refractivity contribution >= 4 is 18.0 Å². The van der Waals surface area contributed by atoms with Crippen molar-refractivity contribution in [3.63, 3.8) is 0 Å². The predicted octanol–water partition coefficient (Wildman–Crippen LogP) is 4.46. The molecule has 3 aliphatic carbocycles. The first-order valence-corrected chi connectivity index (χ1v) is 12.6. The maximum Gasteiger partial charge on any atom is 0.407 e. The Labute approximate surface area is 205 Å². The number of hydrogen-bond acceptors (Lipinski definition) is 4. The van der Waals surface area contributed by atoms with E-state index < -0.39 is 17.6 Å². The molecule has 0 radical (unpaired) electrons. The fraction of sp³-hybridized carbons (Fsp3) is 0.464. The van der Waals surface area contributed by atoms with Crippen molar-refractivity contribution in [1.82, 2.24) is 10.6 Å². The molecular weight excluding hydrogens is 444 g/mol. The molecule has 1 unspecified atom stereocenters. The number of carboxylic acids is 1. The third-order valence-electron chi connectivity index (χ3n) is 7.90.